The molecule has 0 bridgehead atoms. The lowest BCUT2D eigenvalue weighted by atomic mass is 9.80. The van der Waals surface area contributed by atoms with Crippen molar-refractivity contribution in [1.29, 1.82) is 0 Å². The largest absolute Gasteiger partial charge is 0.460 e. The molecule has 10 nitrogen and oxygen atoms in total. The standard InChI is InChI=1S/C33H41N3O7/c1-8-22-14-16-23(17-15-22)21(2)34-29(39)26-18-24(37)20-36(26)30(40)28(33(6,7)19-27(38)43-32(3,4)5)35-31(41)42-25-12-10-9-11-13-25/h1,9-17,21,24,26,28,37H,18-20H2,2-7H3,(H,34,39)(H,35,41)/t21?,24-,26+,28?/m1/s1. The molecule has 0 radical (unpaired) electrons. The van der Waals surface area contributed by atoms with Gasteiger partial charge in [0.1, 0.15) is 23.4 Å². The Labute approximate surface area is 253 Å². The molecule has 0 aliphatic carbocycles. The van der Waals surface area contributed by atoms with Crippen molar-refractivity contribution in [3.05, 3.63) is 65.7 Å². The summed E-state index contributed by atoms with van der Waals surface area (Å²) in [5, 5.41) is 16.1. The average molecular weight is 592 g/mol. The van der Waals surface area contributed by atoms with Crippen LogP contribution in [-0.2, 0) is 19.1 Å². The second kappa shape index (κ2) is 13.7. The second-order valence-electron chi connectivity index (χ2n) is 12.4. The van der Waals surface area contributed by atoms with E-state index in [0.717, 1.165) is 5.56 Å². The number of esters is 1. The van der Waals surface area contributed by atoms with Gasteiger partial charge in [-0.05, 0) is 57.5 Å². The zero-order chi connectivity index (χ0) is 31.9. The molecule has 3 N–H and O–H groups in total. The molecule has 3 amide bonds. The first kappa shape index (κ1) is 33.1. The molecule has 2 aromatic rings. The monoisotopic (exact) mass is 591 g/mol. The van der Waals surface area contributed by atoms with E-state index in [0.29, 0.717) is 5.56 Å². The zero-order valence-corrected chi connectivity index (χ0v) is 25.5. The predicted octanol–water partition coefficient (Wildman–Crippen LogP) is 3.72. The summed E-state index contributed by atoms with van der Waals surface area (Å²) < 4.78 is 10.9. The maximum atomic E-state index is 14.1. The number of ether oxygens (including phenoxy) is 2. The summed E-state index contributed by atoms with van der Waals surface area (Å²) in [5.74, 6) is 1.14. The molecule has 2 aromatic carbocycles. The second-order valence-corrected chi connectivity index (χ2v) is 12.4. The fourth-order valence-electron chi connectivity index (χ4n) is 4.92. The number of rotatable bonds is 9. The molecular weight excluding hydrogens is 550 g/mol. The Morgan fingerprint density at radius 2 is 1.65 bits per heavy atom. The SMILES string of the molecule is C#Cc1ccc(C(C)NC(=O)[C@@H]2C[C@@H](O)CN2C(=O)C(NC(=O)Oc2ccccc2)C(C)(C)CC(=O)OC(C)(C)C)cc1. The molecule has 2 unspecified atom stereocenters. The number of nitrogens with one attached hydrogen (secondary N) is 2. The molecule has 1 heterocycles. The van der Waals surface area contributed by atoms with Gasteiger partial charge in [-0.2, -0.15) is 0 Å². The number of β-amino-alcohol motifs (C(OH)–C–C–N with tert-alkyl or cyclic N) is 1. The third-order valence-electron chi connectivity index (χ3n) is 7.07. The first-order chi connectivity index (χ1) is 20.1. The molecule has 43 heavy (non-hydrogen) atoms. The molecule has 0 aromatic heterocycles. The van der Waals surface area contributed by atoms with Crippen LogP contribution in [0.15, 0.2) is 54.6 Å². The van der Waals surface area contributed by atoms with Crippen LogP contribution in [0.5, 0.6) is 5.75 Å². The lowest BCUT2D eigenvalue weighted by molar-refractivity contribution is -0.158. The Hall–Kier alpha value is -4.36. The predicted molar refractivity (Wildman–Crippen MR) is 161 cm³/mol. The molecule has 0 spiro atoms. The minimum Gasteiger partial charge on any atom is -0.460 e. The van der Waals surface area contributed by atoms with Crippen LogP contribution in [0.1, 0.15) is 71.6 Å². The number of hydrogen-bond acceptors (Lipinski definition) is 7. The van der Waals surface area contributed by atoms with Gasteiger partial charge in [0.25, 0.3) is 0 Å². The lowest BCUT2D eigenvalue weighted by Gasteiger charge is -2.37. The number of likely N-dealkylation sites (tertiary alicyclic amines) is 1. The van der Waals surface area contributed by atoms with Crippen molar-refractivity contribution < 1.29 is 33.8 Å². The number of nitrogens with zero attached hydrogens (tertiary/aromatic N) is 1. The van der Waals surface area contributed by atoms with Gasteiger partial charge in [0.15, 0.2) is 0 Å². The van der Waals surface area contributed by atoms with E-state index < -0.39 is 59.1 Å². The minimum absolute atomic E-state index is 0.00794. The van der Waals surface area contributed by atoms with Gasteiger partial charge >= 0.3 is 12.1 Å². The topological polar surface area (TPSA) is 134 Å². The van der Waals surface area contributed by atoms with Gasteiger partial charge in [-0.25, -0.2) is 4.79 Å². The van der Waals surface area contributed by atoms with E-state index in [9.17, 15) is 24.3 Å². The maximum Gasteiger partial charge on any atom is 0.413 e. The van der Waals surface area contributed by atoms with Crippen molar-refractivity contribution in [1.82, 2.24) is 15.5 Å². The van der Waals surface area contributed by atoms with Crippen LogP contribution in [-0.4, -0.2) is 64.2 Å². The first-order valence-corrected chi connectivity index (χ1v) is 14.2. The molecule has 10 heteroatoms. The van der Waals surface area contributed by atoms with E-state index in [-0.39, 0.29) is 25.1 Å². The Balaban J connectivity index is 1.84. The number of terminal acetylenes is 1. The summed E-state index contributed by atoms with van der Waals surface area (Å²) in [7, 11) is 0. The van der Waals surface area contributed by atoms with E-state index in [1.807, 2.05) is 12.1 Å². The molecule has 3 rings (SSSR count). The summed E-state index contributed by atoms with van der Waals surface area (Å²) in [4.78, 5) is 54.6. The van der Waals surface area contributed by atoms with Crippen LogP contribution in [0.25, 0.3) is 0 Å². The number of hydrogen-bond donors (Lipinski definition) is 3. The maximum absolute atomic E-state index is 14.1. The van der Waals surface area contributed by atoms with Crippen LogP contribution in [0.3, 0.4) is 0 Å². The number of amides is 3. The number of carbonyl (C=O) groups is 4. The minimum atomic E-state index is -1.30. The molecule has 1 aliphatic rings. The normalized spacial score (nSPS) is 18.1. The number of aliphatic hydroxyl groups is 1. The molecule has 0 saturated carbocycles. The third-order valence-corrected chi connectivity index (χ3v) is 7.07. The van der Waals surface area contributed by atoms with Gasteiger partial charge in [-0.15, -0.1) is 6.42 Å². The van der Waals surface area contributed by atoms with Crippen LogP contribution in [0, 0.1) is 17.8 Å². The summed E-state index contributed by atoms with van der Waals surface area (Å²) in [6.45, 7) is 10.2. The van der Waals surface area contributed by atoms with Crippen molar-refractivity contribution in [3.63, 3.8) is 0 Å². The highest BCUT2D eigenvalue weighted by molar-refractivity contribution is 5.93. The van der Waals surface area contributed by atoms with E-state index in [1.165, 1.54) is 4.90 Å². The Morgan fingerprint density at radius 1 is 1.02 bits per heavy atom. The average Bonchev–Trinajstić information content (AvgIpc) is 3.32. The van der Waals surface area contributed by atoms with Gasteiger partial charge in [0.2, 0.25) is 11.8 Å². The first-order valence-electron chi connectivity index (χ1n) is 14.2. The third kappa shape index (κ3) is 9.32. The van der Waals surface area contributed by atoms with Crippen LogP contribution >= 0.6 is 0 Å². The zero-order valence-electron chi connectivity index (χ0n) is 25.5. The van der Waals surface area contributed by atoms with E-state index in [2.05, 4.69) is 16.6 Å². The van der Waals surface area contributed by atoms with Crippen LogP contribution in [0.2, 0.25) is 0 Å². The van der Waals surface area contributed by atoms with E-state index >= 15 is 0 Å². The van der Waals surface area contributed by atoms with E-state index in [4.69, 9.17) is 15.9 Å². The fraction of sp³-hybridized carbons (Fsp3) is 0.455. The summed E-state index contributed by atoms with van der Waals surface area (Å²) in [6, 6.07) is 12.7. The summed E-state index contributed by atoms with van der Waals surface area (Å²) in [5.41, 5.74) is -0.413. The van der Waals surface area contributed by atoms with Gasteiger partial charge in [-0.3, -0.25) is 14.4 Å². The summed E-state index contributed by atoms with van der Waals surface area (Å²) in [6.07, 6.45) is 3.35. The molecule has 1 aliphatic heterocycles. The lowest BCUT2D eigenvalue weighted by Crippen LogP contribution is -2.59. The van der Waals surface area contributed by atoms with Gasteiger partial charge in [0.05, 0.1) is 18.6 Å². The number of para-hydroxylation sites is 1. The molecule has 4 atom stereocenters. The van der Waals surface area contributed by atoms with Crippen molar-refractivity contribution in [2.45, 2.75) is 84.2 Å². The van der Waals surface area contributed by atoms with Crippen molar-refractivity contribution >= 4 is 23.9 Å². The van der Waals surface area contributed by atoms with Gasteiger partial charge in [-0.1, -0.05) is 50.1 Å². The highest BCUT2D eigenvalue weighted by Gasteiger charge is 2.47. The smallest absolute Gasteiger partial charge is 0.413 e. The molecule has 1 saturated heterocycles. The van der Waals surface area contributed by atoms with Crippen molar-refractivity contribution in [3.8, 4) is 18.1 Å². The van der Waals surface area contributed by atoms with Crippen molar-refractivity contribution in [2.75, 3.05) is 6.54 Å². The highest BCUT2D eigenvalue weighted by atomic mass is 16.6. The van der Waals surface area contributed by atoms with E-state index in [1.54, 1.807) is 84.0 Å². The van der Waals surface area contributed by atoms with Crippen LogP contribution < -0.4 is 15.4 Å². The fourth-order valence-corrected chi connectivity index (χ4v) is 4.92. The molecule has 230 valence electrons. The summed E-state index contributed by atoms with van der Waals surface area (Å²) >= 11 is 0. The molecule has 1 fully saturated rings. The Kier molecular flexibility index (Phi) is 10.6. The number of carbonyl (C=O) groups excluding carboxylic acids is 4. The van der Waals surface area contributed by atoms with Crippen LogP contribution in [0.4, 0.5) is 4.79 Å². The van der Waals surface area contributed by atoms with Gasteiger partial charge in [0, 0.05) is 23.9 Å². The highest BCUT2D eigenvalue weighted by Crippen LogP contribution is 2.31. The van der Waals surface area contributed by atoms with Crippen molar-refractivity contribution in [2.24, 2.45) is 5.41 Å². The Bertz CT molecular complexity index is 1340. The number of aliphatic hydroxyl groups excluding tert-OH is 1. The number of benzene rings is 2. The molecular formula is C33H41N3O7. The Morgan fingerprint density at radius 3 is 2.23 bits per heavy atom. The van der Waals surface area contributed by atoms with Gasteiger partial charge < -0.3 is 30.1 Å². The quantitative estimate of drug-likeness (QED) is 0.299.